The third-order valence-electron chi connectivity index (χ3n) is 4.82. The van der Waals surface area contributed by atoms with Crippen LogP contribution < -0.4 is 20.5 Å². The molecule has 0 aliphatic carbocycles. The second-order valence-electron chi connectivity index (χ2n) is 7.07. The zero-order valence-electron chi connectivity index (χ0n) is 17.9. The fourth-order valence-electron chi connectivity index (χ4n) is 3.07. The summed E-state index contributed by atoms with van der Waals surface area (Å²) in [6.45, 7) is 0.150. The molecule has 2 heterocycles. The number of oxazole rings is 1. The van der Waals surface area contributed by atoms with E-state index in [2.05, 4.69) is 20.5 Å². The normalized spacial score (nSPS) is 11.6. The first-order valence-electron chi connectivity index (χ1n) is 10.1. The van der Waals surface area contributed by atoms with Crippen molar-refractivity contribution in [3.8, 4) is 22.6 Å². The smallest absolute Gasteiger partial charge is 0.411 e. The van der Waals surface area contributed by atoms with Gasteiger partial charge >= 0.3 is 6.09 Å². The van der Waals surface area contributed by atoms with Gasteiger partial charge in [-0.1, -0.05) is 18.2 Å². The first-order chi connectivity index (χ1) is 16.1. The zero-order chi connectivity index (χ0) is 23.0. The molecule has 170 valence electrons. The van der Waals surface area contributed by atoms with Crippen molar-refractivity contribution in [1.29, 1.82) is 0 Å². The Bertz CT molecular complexity index is 1180. The van der Waals surface area contributed by atoms with E-state index in [-0.39, 0.29) is 13.2 Å². The van der Waals surface area contributed by atoms with E-state index in [1.165, 1.54) is 12.7 Å². The summed E-state index contributed by atoms with van der Waals surface area (Å²) in [4.78, 5) is 16.5. The van der Waals surface area contributed by atoms with Crippen LogP contribution in [0.1, 0.15) is 17.3 Å². The van der Waals surface area contributed by atoms with Gasteiger partial charge in [-0.2, -0.15) is 5.10 Å². The Kier molecular flexibility index (Phi) is 6.86. The number of aromatic amines is 1. The number of carbonyl (C=O) groups is 1. The van der Waals surface area contributed by atoms with Crippen LogP contribution in [0.15, 0.2) is 71.9 Å². The maximum Gasteiger partial charge on any atom is 0.411 e. The Balaban J connectivity index is 1.43. The molecule has 2 aromatic carbocycles. The number of anilines is 1. The number of hydrogen-bond donors (Lipinski definition) is 3. The molecule has 10 nitrogen and oxygen atoms in total. The lowest BCUT2D eigenvalue weighted by Gasteiger charge is -2.16. The standard InChI is InChI=1S/C23H23N5O5/c1-30-19-4-2-3-16(7-19)20(24)13-33-23(29)28-21-6-5-15(17-9-26-27-10-17)8-22(21)32-12-18-11-31-14-25-18/h2-11,14,20H,12-13,24H2,1H3,(H,26,27)(H,28,29). The number of ether oxygens (including phenoxy) is 3. The van der Waals surface area contributed by atoms with Gasteiger partial charge in [0.25, 0.3) is 0 Å². The Hall–Kier alpha value is -4.31. The van der Waals surface area contributed by atoms with Gasteiger partial charge in [-0.05, 0) is 35.4 Å². The second-order valence-corrected chi connectivity index (χ2v) is 7.07. The van der Waals surface area contributed by atoms with Gasteiger partial charge in [0.1, 0.15) is 36.7 Å². The maximum atomic E-state index is 12.5. The number of nitrogens with one attached hydrogen (secondary N) is 2. The minimum atomic E-state index is -0.657. The molecular weight excluding hydrogens is 426 g/mol. The van der Waals surface area contributed by atoms with Crippen LogP contribution >= 0.6 is 0 Å². The molecule has 0 radical (unpaired) electrons. The van der Waals surface area contributed by atoms with Crippen molar-refractivity contribution in [2.45, 2.75) is 12.6 Å². The van der Waals surface area contributed by atoms with Crippen molar-refractivity contribution in [3.63, 3.8) is 0 Å². The van der Waals surface area contributed by atoms with Crippen molar-refractivity contribution < 1.29 is 23.4 Å². The van der Waals surface area contributed by atoms with Crippen molar-refractivity contribution in [2.75, 3.05) is 19.0 Å². The number of nitrogens with two attached hydrogens (primary N) is 1. The monoisotopic (exact) mass is 449 g/mol. The Morgan fingerprint density at radius 3 is 2.91 bits per heavy atom. The summed E-state index contributed by atoms with van der Waals surface area (Å²) < 4.78 is 21.4. The highest BCUT2D eigenvalue weighted by Gasteiger charge is 2.15. The molecule has 0 aliphatic rings. The molecule has 2 aromatic heterocycles. The van der Waals surface area contributed by atoms with Gasteiger partial charge in [0.2, 0.25) is 0 Å². The number of methoxy groups -OCH3 is 1. The van der Waals surface area contributed by atoms with Gasteiger partial charge in [-0.3, -0.25) is 10.4 Å². The summed E-state index contributed by atoms with van der Waals surface area (Å²) in [6, 6.07) is 12.1. The predicted octanol–water partition coefficient (Wildman–Crippen LogP) is 3.90. The highest BCUT2D eigenvalue weighted by atomic mass is 16.5. The summed E-state index contributed by atoms with van der Waals surface area (Å²) >= 11 is 0. The Morgan fingerprint density at radius 2 is 2.15 bits per heavy atom. The lowest BCUT2D eigenvalue weighted by atomic mass is 10.1. The van der Waals surface area contributed by atoms with Gasteiger partial charge in [-0.15, -0.1) is 0 Å². The fourth-order valence-corrected chi connectivity index (χ4v) is 3.07. The quantitative estimate of drug-likeness (QED) is 0.350. The molecule has 0 spiro atoms. The minimum Gasteiger partial charge on any atom is -0.497 e. The lowest BCUT2D eigenvalue weighted by Crippen LogP contribution is -2.22. The fraction of sp³-hybridized carbons (Fsp3) is 0.174. The molecule has 4 N–H and O–H groups in total. The van der Waals surface area contributed by atoms with Crippen LogP contribution in [0.5, 0.6) is 11.5 Å². The van der Waals surface area contributed by atoms with Crippen LogP contribution in [-0.2, 0) is 11.3 Å². The number of aromatic nitrogens is 3. The number of hydrogen-bond acceptors (Lipinski definition) is 8. The van der Waals surface area contributed by atoms with Gasteiger partial charge < -0.3 is 24.4 Å². The largest absolute Gasteiger partial charge is 0.497 e. The van der Waals surface area contributed by atoms with E-state index in [1.807, 2.05) is 24.3 Å². The van der Waals surface area contributed by atoms with Crippen molar-refractivity contribution >= 4 is 11.8 Å². The SMILES string of the molecule is COc1cccc(C(N)COC(=O)Nc2ccc(-c3cn[nH]c3)cc2OCc2cocn2)c1. The molecule has 10 heteroatoms. The van der Waals surface area contributed by atoms with Crippen LogP contribution in [0, 0.1) is 0 Å². The molecule has 1 atom stereocenters. The van der Waals surface area contributed by atoms with Gasteiger partial charge in [0.15, 0.2) is 6.39 Å². The Morgan fingerprint density at radius 1 is 1.24 bits per heavy atom. The topological polar surface area (TPSA) is 138 Å². The summed E-state index contributed by atoms with van der Waals surface area (Å²) in [5.74, 6) is 1.12. The van der Waals surface area contributed by atoms with Gasteiger partial charge in [-0.25, -0.2) is 9.78 Å². The molecule has 0 saturated heterocycles. The predicted molar refractivity (Wildman–Crippen MR) is 120 cm³/mol. The number of rotatable bonds is 9. The third-order valence-corrected chi connectivity index (χ3v) is 4.82. The first-order valence-corrected chi connectivity index (χ1v) is 10.1. The van der Waals surface area contributed by atoms with Crippen molar-refractivity contribution in [3.05, 3.63) is 78.8 Å². The molecule has 4 rings (SSSR count). The third kappa shape index (κ3) is 5.69. The van der Waals surface area contributed by atoms with Crippen molar-refractivity contribution in [2.24, 2.45) is 5.73 Å². The number of carbonyl (C=O) groups excluding carboxylic acids is 1. The molecular formula is C23H23N5O5. The van der Waals surface area contributed by atoms with Gasteiger partial charge in [0, 0.05) is 11.8 Å². The number of amides is 1. The summed E-state index contributed by atoms with van der Waals surface area (Å²) in [7, 11) is 1.58. The minimum absolute atomic E-state index is 0.0127. The molecule has 0 fully saturated rings. The van der Waals surface area contributed by atoms with E-state index in [0.717, 1.165) is 16.7 Å². The van der Waals surface area contributed by atoms with Crippen LogP contribution in [-0.4, -0.2) is 35.0 Å². The molecule has 33 heavy (non-hydrogen) atoms. The van der Waals surface area contributed by atoms with E-state index >= 15 is 0 Å². The van der Waals surface area contributed by atoms with E-state index in [0.29, 0.717) is 22.9 Å². The van der Waals surface area contributed by atoms with Crippen molar-refractivity contribution in [1.82, 2.24) is 15.2 Å². The summed E-state index contributed by atoms with van der Waals surface area (Å²) in [5.41, 5.74) is 9.73. The zero-order valence-corrected chi connectivity index (χ0v) is 17.9. The summed E-state index contributed by atoms with van der Waals surface area (Å²) in [6.07, 6.45) is 5.61. The molecule has 0 aliphatic heterocycles. The lowest BCUT2D eigenvalue weighted by molar-refractivity contribution is 0.154. The van der Waals surface area contributed by atoms with E-state index in [4.69, 9.17) is 24.4 Å². The van der Waals surface area contributed by atoms with E-state index in [1.54, 1.807) is 37.7 Å². The number of benzene rings is 2. The average Bonchev–Trinajstić information content (AvgIpc) is 3.56. The molecule has 0 bridgehead atoms. The molecule has 0 saturated carbocycles. The maximum absolute atomic E-state index is 12.5. The van der Waals surface area contributed by atoms with Gasteiger partial charge in [0.05, 0.1) is 25.0 Å². The summed E-state index contributed by atoms with van der Waals surface area (Å²) in [5, 5.41) is 9.45. The average molecular weight is 449 g/mol. The van der Waals surface area contributed by atoms with E-state index < -0.39 is 12.1 Å². The van der Waals surface area contributed by atoms with E-state index in [9.17, 15) is 4.79 Å². The first kappa shape index (κ1) is 21.9. The number of nitrogens with zero attached hydrogens (tertiary/aromatic N) is 2. The molecule has 1 unspecified atom stereocenters. The second kappa shape index (κ2) is 10.3. The molecule has 4 aromatic rings. The van der Waals surface area contributed by atoms with Crippen LogP contribution in [0.3, 0.4) is 0 Å². The molecule has 1 amide bonds. The Labute approximate surface area is 189 Å². The van der Waals surface area contributed by atoms with Crippen LogP contribution in [0.25, 0.3) is 11.1 Å². The van der Waals surface area contributed by atoms with Crippen LogP contribution in [0.4, 0.5) is 10.5 Å². The highest BCUT2D eigenvalue weighted by molar-refractivity contribution is 5.87. The van der Waals surface area contributed by atoms with Crippen LogP contribution in [0.2, 0.25) is 0 Å². The highest BCUT2D eigenvalue weighted by Crippen LogP contribution is 2.31. The number of H-pyrrole nitrogens is 1.